The number of hydrogen-bond donors (Lipinski definition) is 1. The zero-order chi connectivity index (χ0) is 7.23. The van der Waals surface area contributed by atoms with Crippen LogP contribution in [0.25, 0.3) is 0 Å². The molecule has 1 N–H and O–H groups in total. The Morgan fingerprint density at radius 3 is 2.70 bits per heavy atom. The highest BCUT2D eigenvalue weighted by atomic mass is 35.5. The van der Waals surface area contributed by atoms with Crippen LogP contribution >= 0.6 is 11.6 Å². The normalized spacial score (nSPS) is 22.1. The lowest BCUT2D eigenvalue weighted by Gasteiger charge is -2.25. The van der Waals surface area contributed by atoms with Crippen molar-refractivity contribution in [3.63, 3.8) is 0 Å². The molecule has 0 saturated carbocycles. The molecule has 0 aliphatic carbocycles. The smallest absolute Gasteiger partial charge is 0.0175 e. The third kappa shape index (κ3) is 2.69. The van der Waals surface area contributed by atoms with Crippen LogP contribution in [0.2, 0.25) is 0 Å². The number of hydrogen-bond acceptors (Lipinski definition) is 2. The number of piperazine rings is 1. The second-order valence-corrected chi connectivity index (χ2v) is 2.66. The number of halogens is 1. The van der Waals surface area contributed by atoms with Crippen molar-refractivity contribution in [2.45, 2.75) is 0 Å². The Hall–Kier alpha value is -0.0500. The lowest BCUT2D eigenvalue weighted by atomic mass is 10.3. The summed E-state index contributed by atoms with van der Waals surface area (Å²) in [6, 6.07) is 0. The zero-order valence-electron chi connectivity index (χ0n) is 6.02. The van der Waals surface area contributed by atoms with Crippen LogP contribution in [0, 0.1) is 0 Å². The summed E-state index contributed by atoms with van der Waals surface area (Å²) in [5.74, 6) is 0. The first-order valence-electron chi connectivity index (χ1n) is 3.62. The Balaban J connectivity index is 2.13. The van der Waals surface area contributed by atoms with Crippen LogP contribution in [-0.2, 0) is 0 Å². The Kier molecular flexibility index (Phi) is 3.80. The summed E-state index contributed by atoms with van der Waals surface area (Å²) in [4.78, 5) is 2.37. The van der Waals surface area contributed by atoms with Crippen LogP contribution in [0.3, 0.4) is 0 Å². The molecule has 0 aromatic carbocycles. The van der Waals surface area contributed by atoms with E-state index < -0.39 is 0 Å². The van der Waals surface area contributed by atoms with Gasteiger partial charge < -0.3 is 5.32 Å². The first-order chi connectivity index (χ1) is 4.93. The van der Waals surface area contributed by atoms with Crippen molar-refractivity contribution in [2.24, 2.45) is 0 Å². The van der Waals surface area contributed by atoms with Crippen LogP contribution in [-0.4, -0.2) is 37.6 Å². The molecule has 0 spiro atoms. The molecule has 0 aromatic heterocycles. The van der Waals surface area contributed by atoms with Crippen LogP contribution in [0.4, 0.5) is 0 Å². The first-order valence-corrected chi connectivity index (χ1v) is 4.05. The summed E-state index contributed by atoms with van der Waals surface area (Å²) < 4.78 is 0. The third-order valence-corrected chi connectivity index (χ3v) is 1.84. The molecule has 0 amide bonds. The maximum atomic E-state index is 5.40. The van der Waals surface area contributed by atoms with Crippen molar-refractivity contribution in [1.82, 2.24) is 10.2 Å². The molecule has 0 unspecified atom stereocenters. The quantitative estimate of drug-likeness (QED) is 0.638. The van der Waals surface area contributed by atoms with Crippen molar-refractivity contribution in [1.29, 1.82) is 0 Å². The molecule has 0 aromatic rings. The summed E-state index contributed by atoms with van der Waals surface area (Å²) >= 11 is 5.40. The fraction of sp³-hybridized carbons (Fsp3) is 0.714. The van der Waals surface area contributed by atoms with E-state index in [2.05, 4.69) is 10.2 Å². The predicted octanol–water partition coefficient (Wildman–Crippen LogP) is 0.644. The van der Waals surface area contributed by atoms with E-state index in [1.165, 1.54) is 0 Å². The van der Waals surface area contributed by atoms with Crippen LogP contribution in [0.5, 0.6) is 0 Å². The molecule has 0 radical (unpaired) electrons. The van der Waals surface area contributed by atoms with Crippen LogP contribution in [0.15, 0.2) is 11.6 Å². The number of rotatable bonds is 2. The van der Waals surface area contributed by atoms with Crippen molar-refractivity contribution in [3.05, 3.63) is 11.6 Å². The van der Waals surface area contributed by atoms with Crippen molar-refractivity contribution in [2.75, 3.05) is 32.7 Å². The summed E-state index contributed by atoms with van der Waals surface area (Å²) in [6.07, 6.45) is 1.98. The molecule has 2 nitrogen and oxygen atoms in total. The Labute approximate surface area is 66.8 Å². The number of nitrogens with one attached hydrogen (secondary N) is 1. The topological polar surface area (TPSA) is 15.3 Å². The molecule has 1 aliphatic heterocycles. The Morgan fingerprint density at radius 1 is 1.40 bits per heavy atom. The minimum absolute atomic E-state index is 0.991. The second-order valence-electron chi connectivity index (χ2n) is 2.41. The molecular formula is C7H13ClN2. The van der Waals surface area contributed by atoms with Gasteiger partial charge in [0.1, 0.15) is 0 Å². The summed E-state index contributed by atoms with van der Waals surface area (Å²) in [7, 11) is 0. The first kappa shape index (κ1) is 8.05. The SMILES string of the molecule is Cl/C=C/CN1CCNCC1. The van der Waals surface area contributed by atoms with E-state index in [0.29, 0.717) is 0 Å². The molecule has 1 rings (SSSR count). The van der Waals surface area contributed by atoms with E-state index in [1.54, 1.807) is 5.54 Å². The average molecular weight is 161 g/mol. The molecular weight excluding hydrogens is 148 g/mol. The fourth-order valence-corrected chi connectivity index (χ4v) is 1.16. The van der Waals surface area contributed by atoms with Crippen LogP contribution in [0.1, 0.15) is 0 Å². The molecule has 3 heteroatoms. The van der Waals surface area contributed by atoms with E-state index >= 15 is 0 Å². The average Bonchev–Trinajstić information content (AvgIpc) is 2.03. The standard InChI is InChI=1S/C7H13ClN2/c8-2-1-5-10-6-3-9-4-7-10/h1-2,9H,3-7H2/b2-1+. The van der Waals surface area contributed by atoms with E-state index in [1.807, 2.05) is 6.08 Å². The van der Waals surface area contributed by atoms with Gasteiger partial charge >= 0.3 is 0 Å². The minimum Gasteiger partial charge on any atom is -0.314 e. The van der Waals surface area contributed by atoms with Gasteiger partial charge in [-0.25, -0.2) is 0 Å². The molecule has 0 bridgehead atoms. The van der Waals surface area contributed by atoms with Crippen LogP contribution < -0.4 is 5.32 Å². The maximum Gasteiger partial charge on any atom is 0.0175 e. The van der Waals surface area contributed by atoms with Crippen molar-refractivity contribution >= 4 is 11.6 Å². The van der Waals surface area contributed by atoms with Crippen molar-refractivity contribution < 1.29 is 0 Å². The lowest BCUT2D eigenvalue weighted by Crippen LogP contribution is -2.43. The van der Waals surface area contributed by atoms with Gasteiger partial charge in [-0.05, 0) is 0 Å². The highest BCUT2D eigenvalue weighted by Crippen LogP contribution is 1.92. The Morgan fingerprint density at radius 2 is 2.10 bits per heavy atom. The monoisotopic (exact) mass is 160 g/mol. The van der Waals surface area contributed by atoms with E-state index in [-0.39, 0.29) is 0 Å². The fourth-order valence-electron chi connectivity index (χ4n) is 1.08. The van der Waals surface area contributed by atoms with E-state index in [9.17, 15) is 0 Å². The van der Waals surface area contributed by atoms with Gasteiger partial charge in [0.15, 0.2) is 0 Å². The maximum absolute atomic E-state index is 5.40. The highest BCUT2D eigenvalue weighted by Gasteiger charge is 2.05. The van der Waals surface area contributed by atoms with Gasteiger partial charge in [0.25, 0.3) is 0 Å². The molecule has 1 fully saturated rings. The zero-order valence-corrected chi connectivity index (χ0v) is 6.77. The predicted molar refractivity (Wildman–Crippen MR) is 44.3 cm³/mol. The van der Waals surface area contributed by atoms with Gasteiger partial charge in [-0.2, -0.15) is 0 Å². The van der Waals surface area contributed by atoms with Gasteiger partial charge in [0, 0.05) is 38.3 Å². The molecule has 1 aliphatic rings. The molecule has 1 heterocycles. The summed E-state index contributed by atoms with van der Waals surface area (Å²) in [6.45, 7) is 5.49. The van der Waals surface area contributed by atoms with E-state index in [0.717, 1.165) is 32.7 Å². The molecule has 0 atom stereocenters. The molecule has 1 saturated heterocycles. The third-order valence-electron chi connectivity index (χ3n) is 1.66. The Bertz CT molecular complexity index is 108. The molecule has 58 valence electrons. The van der Waals surface area contributed by atoms with Gasteiger partial charge in [-0.3, -0.25) is 4.90 Å². The minimum atomic E-state index is 0.991. The van der Waals surface area contributed by atoms with Gasteiger partial charge in [-0.15, -0.1) is 0 Å². The van der Waals surface area contributed by atoms with Gasteiger partial charge in [-0.1, -0.05) is 17.7 Å². The summed E-state index contributed by atoms with van der Waals surface area (Å²) in [5, 5.41) is 3.29. The largest absolute Gasteiger partial charge is 0.314 e. The second kappa shape index (κ2) is 4.72. The highest BCUT2D eigenvalue weighted by molar-refractivity contribution is 6.25. The van der Waals surface area contributed by atoms with Crippen molar-refractivity contribution in [3.8, 4) is 0 Å². The summed E-state index contributed by atoms with van der Waals surface area (Å²) in [5.41, 5.74) is 1.59. The van der Waals surface area contributed by atoms with E-state index in [4.69, 9.17) is 11.6 Å². The van der Waals surface area contributed by atoms with Gasteiger partial charge in [0.2, 0.25) is 0 Å². The molecule has 10 heavy (non-hydrogen) atoms. The van der Waals surface area contributed by atoms with Gasteiger partial charge in [0.05, 0.1) is 0 Å². The number of nitrogens with zero attached hydrogens (tertiary/aromatic N) is 1. The lowest BCUT2D eigenvalue weighted by molar-refractivity contribution is 0.265.